The lowest BCUT2D eigenvalue weighted by atomic mass is 10.0. The van der Waals surface area contributed by atoms with E-state index < -0.39 is 18.2 Å². The quantitative estimate of drug-likeness (QED) is 0.791. The summed E-state index contributed by atoms with van der Waals surface area (Å²) in [5.41, 5.74) is 1.41. The van der Waals surface area contributed by atoms with Crippen molar-refractivity contribution < 1.29 is 14.3 Å². The molecule has 0 saturated carbocycles. The molecule has 0 aliphatic heterocycles. The number of halogens is 1. The van der Waals surface area contributed by atoms with Crippen LogP contribution in [0.25, 0.3) is 0 Å². The minimum Gasteiger partial charge on any atom is -0.386 e. The van der Waals surface area contributed by atoms with Crippen LogP contribution in [0.15, 0.2) is 30.3 Å². The van der Waals surface area contributed by atoms with Gasteiger partial charge in [-0.1, -0.05) is 19.1 Å². The minimum atomic E-state index is -0.931. The largest absolute Gasteiger partial charge is 0.386 e. The van der Waals surface area contributed by atoms with Crippen molar-refractivity contribution in [2.45, 2.75) is 32.4 Å². The normalized spacial score (nSPS) is 13.4. The Morgan fingerprint density at radius 3 is 2.61 bits per heavy atom. The Balaban J connectivity index is 1.96. The monoisotopic (exact) mass is 320 g/mol. The molecule has 124 valence electrons. The molecule has 0 bridgehead atoms. The van der Waals surface area contributed by atoms with Gasteiger partial charge in [-0.05, 0) is 31.0 Å². The van der Waals surface area contributed by atoms with E-state index in [-0.39, 0.29) is 5.82 Å². The predicted molar refractivity (Wildman–Crippen MR) is 85.6 cm³/mol. The molecule has 3 N–H and O–H groups in total. The number of anilines is 1. The SMILES string of the molecule is CCc1cc(NC(=O)NC(C)C(O)c2ccc(F)cc2)n(C)n1. The van der Waals surface area contributed by atoms with E-state index in [1.165, 1.54) is 24.3 Å². The third-order valence-electron chi connectivity index (χ3n) is 3.58. The summed E-state index contributed by atoms with van der Waals surface area (Å²) < 4.78 is 14.5. The topological polar surface area (TPSA) is 79.2 Å². The van der Waals surface area contributed by atoms with Gasteiger partial charge in [0, 0.05) is 13.1 Å². The molecular formula is C16H21FN4O2. The van der Waals surface area contributed by atoms with Crippen molar-refractivity contribution in [3.63, 3.8) is 0 Å². The zero-order valence-corrected chi connectivity index (χ0v) is 13.4. The Hall–Kier alpha value is -2.41. The first-order valence-electron chi connectivity index (χ1n) is 7.44. The van der Waals surface area contributed by atoms with Gasteiger partial charge in [-0.3, -0.25) is 10.00 Å². The molecule has 6 nitrogen and oxygen atoms in total. The maximum atomic E-state index is 12.9. The number of aliphatic hydroxyl groups excluding tert-OH is 1. The van der Waals surface area contributed by atoms with Gasteiger partial charge in [0.05, 0.1) is 17.8 Å². The zero-order valence-electron chi connectivity index (χ0n) is 13.4. The maximum Gasteiger partial charge on any atom is 0.320 e. The number of nitrogens with zero attached hydrogens (tertiary/aromatic N) is 2. The standard InChI is InChI=1S/C16H21FN4O2/c1-4-13-9-14(21(3)20-13)19-16(23)18-10(2)15(22)11-5-7-12(17)8-6-11/h5-10,15,22H,4H2,1-3H3,(H2,18,19,23). The molecule has 2 rings (SSSR count). The number of amides is 2. The molecule has 2 unspecified atom stereocenters. The van der Waals surface area contributed by atoms with E-state index in [0.29, 0.717) is 11.4 Å². The van der Waals surface area contributed by atoms with Gasteiger partial charge >= 0.3 is 6.03 Å². The number of hydrogen-bond donors (Lipinski definition) is 3. The minimum absolute atomic E-state index is 0.373. The Morgan fingerprint density at radius 1 is 1.39 bits per heavy atom. The summed E-state index contributed by atoms with van der Waals surface area (Å²) in [7, 11) is 1.74. The van der Waals surface area contributed by atoms with Gasteiger partial charge in [0.1, 0.15) is 11.6 Å². The van der Waals surface area contributed by atoms with E-state index in [2.05, 4.69) is 15.7 Å². The number of benzene rings is 1. The number of aromatic nitrogens is 2. The average Bonchev–Trinajstić information content (AvgIpc) is 2.87. The first kappa shape index (κ1) is 17.0. The van der Waals surface area contributed by atoms with Gasteiger partial charge in [-0.25, -0.2) is 9.18 Å². The predicted octanol–water partition coefficient (Wildman–Crippen LogP) is 2.37. The molecule has 0 saturated heterocycles. The highest BCUT2D eigenvalue weighted by Crippen LogP contribution is 2.17. The van der Waals surface area contributed by atoms with Gasteiger partial charge in [0.25, 0.3) is 0 Å². The van der Waals surface area contributed by atoms with Gasteiger partial charge in [0.2, 0.25) is 0 Å². The molecule has 0 spiro atoms. The molecule has 2 atom stereocenters. The molecule has 2 amide bonds. The summed E-state index contributed by atoms with van der Waals surface area (Å²) in [6, 6.07) is 6.33. The van der Waals surface area contributed by atoms with Crippen LogP contribution in [0.2, 0.25) is 0 Å². The Morgan fingerprint density at radius 2 is 2.04 bits per heavy atom. The lowest BCUT2D eigenvalue weighted by molar-refractivity contribution is 0.139. The highest BCUT2D eigenvalue weighted by molar-refractivity contribution is 5.88. The third kappa shape index (κ3) is 4.29. The molecule has 0 aliphatic rings. The van der Waals surface area contributed by atoms with Crippen LogP contribution in [0, 0.1) is 5.82 Å². The number of carbonyl (C=O) groups excluding carboxylic acids is 1. The second kappa shape index (κ2) is 7.23. The number of aliphatic hydroxyl groups is 1. The number of nitrogens with one attached hydrogen (secondary N) is 2. The second-order valence-corrected chi connectivity index (χ2v) is 5.38. The first-order valence-corrected chi connectivity index (χ1v) is 7.44. The Kier molecular flexibility index (Phi) is 5.33. The smallest absolute Gasteiger partial charge is 0.320 e. The summed E-state index contributed by atoms with van der Waals surface area (Å²) in [6.07, 6.45) is -0.157. The molecule has 1 aromatic carbocycles. The van der Waals surface area contributed by atoms with E-state index in [1.54, 1.807) is 24.7 Å². The average molecular weight is 320 g/mol. The Labute approximate surface area is 134 Å². The van der Waals surface area contributed by atoms with E-state index in [0.717, 1.165) is 12.1 Å². The van der Waals surface area contributed by atoms with Crippen molar-refractivity contribution in [1.29, 1.82) is 0 Å². The Bertz CT molecular complexity index is 669. The van der Waals surface area contributed by atoms with Crippen molar-refractivity contribution in [2.75, 3.05) is 5.32 Å². The number of rotatable bonds is 5. The van der Waals surface area contributed by atoms with Crippen LogP contribution in [-0.4, -0.2) is 27.0 Å². The van der Waals surface area contributed by atoms with Gasteiger partial charge < -0.3 is 10.4 Å². The summed E-state index contributed by atoms with van der Waals surface area (Å²) in [5.74, 6) is 0.199. The lowest BCUT2D eigenvalue weighted by Gasteiger charge is -2.20. The number of aryl methyl sites for hydroxylation is 2. The zero-order chi connectivity index (χ0) is 17.0. The van der Waals surface area contributed by atoms with Crippen molar-refractivity contribution in [3.8, 4) is 0 Å². The van der Waals surface area contributed by atoms with Gasteiger partial charge in [0.15, 0.2) is 0 Å². The fourth-order valence-corrected chi connectivity index (χ4v) is 2.20. The highest BCUT2D eigenvalue weighted by atomic mass is 19.1. The van der Waals surface area contributed by atoms with E-state index >= 15 is 0 Å². The molecule has 1 heterocycles. The van der Waals surface area contributed by atoms with Gasteiger partial charge in [-0.15, -0.1) is 0 Å². The summed E-state index contributed by atoms with van der Waals surface area (Å²) in [6.45, 7) is 3.65. The fraction of sp³-hybridized carbons (Fsp3) is 0.375. The molecule has 7 heteroatoms. The van der Waals surface area contributed by atoms with Crippen LogP contribution in [0.5, 0.6) is 0 Å². The van der Waals surface area contributed by atoms with Crippen molar-refractivity contribution in [2.24, 2.45) is 7.05 Å². The maximum absolute atomic E-state index is 12.9. The van der Waals surface area contributed by atoms with E-state index in [1.807, 2.05) is 6.92 Å². The molecule has 0 fully saturated rings. The van der Waals surface area contributed by atoms with Crippen molar-refractivity contribution in [3.05, 3.63) is 47.4 Å². The number of carbonyl (C=O) groups is 1. The summed E-state index contributed by atoms with van der Waals surface area (Å²) in [5, 5.41) is 19.8. The summed E-state index contributed by atoms with van der Waals surface area (Å²) in [4.78, 5) is 12.0. The number of hydrogen-bond acceptors (Lipinski definition) is 3. The third-order valence-corrected chi connectivity index (χ3v) is 3.58. The summed E-state index contributed by atoms with van der Waals surface area (Å²) >= 11 is 0. The second-order valence-electron chi connectivity index (χ2n) is 5.38. The fourth-order valence-electron chi connectivity index (χ4n) is 2.20. The molecular weight excluding hydrogens is 299 g/mol. The van der Waals surface area contributed by atoms with Crippen molar-refractivity contribution >= 4 is 11.8 Å². The molecule has 0 aliphatic carbocycles. The molecule has 2 aromatic rings. The van der Waals surface area contributed by atoms with Crippen molar-refractivity contribution in [1.82, 2.24) is 15.1 Å². The van der Waals surface area contributed by atoms with Gasteiger partial charge in [-0.2, -0.15) is 5.10 Å². The molecule has 1 aromatic heterocycles. The van der Waals surface area contributed by atoms with Crippen LogP contribution >= 0.6 is 0 Å². The molecule has 0 radical (unpaired) electrons. The van der Waals surface area contributed by atoms with E-state index in [4.69, 9.17) is 0 Å². The van der Waals surface area contributed by atoms with Crippen LogP contribution in [-0.2, 0) is 13.5 Å². The molecule has 23 heavy (non-hydrogen) atoms. The first-order chi connectivity index (χ1) is 10.9. The lowest BCUT2D eigenvalue weighted by Crippen LogP contribution is -2.40. The van der Waals surface area contributed by atoms with E-state index in [9.17, 15) is 14.3 Å². The van der Waals surface area contributed by atoms with Crippen LogP contribution in [0.3, 0.4) is 0 Å². The van der Waals surface area contributed by atoms with Crippen LogP contribution in [0.4, 0.5) is 15.0 Å². The number of urea groups is 1. The van der Waals surface area contributed by atoms with Crippen LogP contribution < -0.4 is 10.6 Å². The van der Waals surface area contributed by atoms with Crippen LogP contribution in [0.1, 0.15) is 31.2 Å². The highest BCUT2D eigenvalue weighted by Gasteiger charge is 2.19.